The predicted octanol–water partition coefficient (Wildman–Crippen LogP) is 2.94. The maximum atomic E-state index is 10.6. The molecule has 0 aliphatic carbocycles. The van der Waals surface area contributed by atoms with Crippen molar-refractivity contribution in [2.75, 3.05) is 13.2 Å². The van der Waals surface area contributed by atoms with Gasteiger partial charge in [0.25, 0.3) is 0 Å². The van der Waals surface area contributed by atoms with E-state index in [0.29, 0.717) is 17.3 Å². The fraction of sp³-hybridized carbons (Fsp3) is 0.600. The molecule has 1 atom stereocenters. The van der Waals surface area contributed by atoms with E-state index in [4.69, 9.17) is 9.47 Å². The monoisotopic (exact) mass is 293 g/mol. The lowest BCUT2D eigenvalue weighted by atomic mass is 10.2. The third-order valence-corrected chi connectivity index (χ3v) is 3.90. The van der Waals surface area contributed by atoms with Gasteiger partial charge < -0.3 is 9.47 Å². The van der Waals surface area contributed by atoms with E-state index in [0.717, 1.165) is 43.5 Å². The Morgan fingerprint density at radius 2 is 2.45 bits per heavy atom. The van der Waals surface area contributed by atoms with Crippen molar-refractivity contribution in [1.82, 2.24) is 4.98 Å². The molecule has 20 heavy (non-hydrogen) atoms. The lowest BCUT2D eigenvalue weighted by Crippen LogP contribution is -2.22. The number of rotatable bonds is 5. The van der Waals surface area contributed by atoms with Crippen molar-refractivity contribution in [1.29, 1.82) is 0 Å². The van der Waals surface area contributed by atoms with Crippen molar-refractivity contribution in [3.05, 3.63) is 15.6 Å². The number of aryl methyl sites for hydroxylation is 1. The number of hydrogen-bond donors (Lipinski definition) is 0. The summed E-state index contributed by atoms with van der Waals surface area (Å²) in [5.74, 6) is 6.08. The van der Waals surface area contributed by atoms with Crippen LogP contribution in [0.25, 0.3) is 0 Å². The molecular formula is C15H19NO3S. The highest BCUT2D eigenvalue weighted by Crippen LogP contribution is 2.15. The average molecular weight is 293 g/mol. The fourth-order valence-corrected chi connectivity index (χ4v) is 2.64. The van der Waals surface area contributed by atoms with Gasteiger partial charge in [-0.2, -0.15) is 0 Å². The smallest absolute Gasteiger partial charge is 0.178 e. The first kappa shape index (κ1) is 15.2. The van der Waals surface area contributed by atoms with Crippen molar-refractivity contribution >= 4 is 17.6 Å². The molecule has 1 fully saturated rings. The van der Waals surface area contributed by atoms with E-state index in [1.807, 2.05) is 6.92 Å². The van der Waals surface area contributed by atoms with Gasteiger partial charge in [-0.1, -0.05) is 5.92 Å². The third kappa shape index (κ3) is 4.71. The van der Waals surface area contributed by atoms with Crippen molar-refractivity contribution in [3.63, 3.8) is 0 Å². The number of aromatic nitrogens is 1. The van der Waals surface area contributed by atoms with Crippen LogP contribution in [0.15, 0.2) is 0 Å². The molecule has 1 aliphatic heterocycles. The molecule has 0 radical (unpaired) electrons. The zero-order valence-electron chi connectivity index (χ0n) is 11.7. The molecule has 2 rings (SSSR count). The number of hydrogen-bond acceptors (Lipinski definition) is 5. The quantitative estimate of drug-likeness (QED) is 0.476. The van der Waals surface area contributed by atoms with E-state index in [1.165, 1.54) is 17.8 Å². The average Bonchev–Trinajstić information content (AvgIpc) is 2.84. The van der Waals surface area contributed by atoms with E-state index in [1.54, 1.807) is 0 Å². The summed E-state index contributed by atoms with van der Waals surface area (Å²) in [6.07, 6.45) is 5.72. The first-order valence-electron chi connectivity index (χ1n) is 6.94. The van der Waals surface area contributed by atoms with Crippen LogP contribution in [0.1, 0.15) is 52.5 Å². The molecule has 1 aromatic heterocycles. The summed E-state index contributed by atoms with van der Waals surface area (Å²) in [5.41, 5.74) is 0.716. The minimum absolute atomic E-state index is 0.0207. The standard InChI is InChI=1S/C15H19NO3S/c1-12-13(16-14(11-17)20-12)7-3-2-5-9-18-15-8-4-6-10-19-15/h11,15H,2,4-6,8-10H2,1H3. The highest BCUT2D eigenvalue weighted by molar-refractivity contribution is 7.13. The lowest BCUT2D eigenvalue weighted by Gasteiger charge is -2.22. The molecule has 1 aliphatic rings. The van der Waals surface area contributed by atoms with Crippen molar-refractivity contribution in [2.45, 2.75) is 45.3 Å². The van der Waals surface area contributed by atoms with Gasteiger partial charge in [-0.3, -0.25) is 4.79 Å². The summed E-state index contributed by atoms with van der Waals surface area (Å²) in [7, 11) is 0. The van der Waals surface area contributed by atoms with Crippen molar-refractivity contribution < 1.29 is 14.3 Å². The number of nitrogens with zero attached hydrogens (tertiary/aromatic N) is 1. The molecule has 4 nitrogen and oxygen atoms in total. The molecule has 0 aromatic carbocycles. The zero-order chi connectivity index (χ0) is 14.2. The highest BCUT2D eigenvalue weighted by atomic mass is 32.1. The Morgan fingerprint density at radius 3 is 3.15 bits per heavy atom. The second-order valence-electron chi connectivity index (χ2n) is 4.65. The van der Waals surface area contributed by atoms with Gasteiger partial charge in [-0.25, -0.2) is 4.98 Å². The minimum Gasteiger partial charge on any atom is -0.353 e. The van der Waals surface area contributed by atoms with Crippen LogP contribution < -0.4 is 0 Å². The Kier molecular flexibility index (Phi) is 6.19. The number of carbonyl (C=O) groups is 1. The second kappa shape index (κ2) is 8.15. The molecule has 108 valence electrons. The fourth-order valence-electron chi connectivity index (χ4n) is 1.95. The van der Waals surface area contributed by atoms with Gasteiger partial charge in [-0.05, 0) is 38.5 Å². The molecule has 5 heteroatoms. The van der Waals surface area contributed by atoms with Crippen LogP contribution in [-0.4, -0.2) is 30.8 Å². The summed E-state index contributed by atoms with van der Waals surface area (Å²) in [5, 5.41) is 0.490. The molecule has 1 unspecified atom stereocenters. The molecule has 1 aromatic rings. The minimum atomic E-state index is -0.0207. The molecule has 0 amide bonds. The third-order valence-electron chi connectivity index (χ3n) is 3.01. The van der Waals surface area contributed by atoms with Gasteiger partial charge in [-0.15, -0.1) is 11.3 Å². The molecule has 0 spiro atoms. The molecule has 0 N–H and O–H groups in total. The Hall–Kier alpha value is -1.22. The van der Waals surface area contributed by atoms with Crippen LogP contribution in [-0.2, 0) is 9.47 Å². The first-order chi connectivity index (χ1) is 9.79. The summed E-state index contributed by atoms with van der Waals surface area (Å²) in [6, 6.07) is 0. The summed E-state index contributed by atoms with van der Waals surface area (Å²) in [4.78, 5) is 15.7. The normalized spacial score (nSPS) is 18.4. The molecule has 2 heterocycles. The van der Waals surface area contributed by atoms with Crippen molar-refractivity contribution in [2.24, 2.45) is 0 Å². The van der Waals surface area contributed by atoms with Crippen LogP contribution >= 0.6 is 11.3 Å². The maximum Gasteiger partial charge on any atom is 0.178 e. The Balaban J connectivity index is 1.66. The van der Waals surface area contributed by atoms with Gasteiger partial charge >= 0.3 is 0 Å². The summed E-state index contributed by atoms with van der Waals surface area (Å²) >= 11 is 1.38. The Labute approximate surface area is 123 Å². The van der Waals surface area contributed by atoms with Crippen LogP contribution in [0.3, 0.4) is 0 Å². The Morgan fingerprint density at radius 1 is 1.55 bits per heavy atom. The van der Waals surface area contributed by atoms with Crippen LogP contribution in [0.2, 0.25) is 0 Å². The second-order valence-corrected chi connectivity index (χ2v) is 5.88. The highest BCUT2D eigenvalue weighted by Gasteiger charge is 2.13. The van der Waals surface area contributed by atoms with Gasteiger partial charge in [0, 0.05) is 17.9 Å². The van der Waals surface area contributed by atoms with Gasteiger partial charge in [0.05, 0.1) is 6.61 Å². The van der Waals surface area contributed by atoms with E-state index in [-0.39, 0.29) is 6.29 Å². The molecular weight excluding hydrogens is 274 g/mol. The Bertz CT molecular complexity index is 495. The maximum absolute atomic E-state index is 10.6. The number of aldehydes is 1. The van der Waals surface area contributed by atoms with Gasteiger partial charge in [0.1, 0.15) is 5.69 Å². The molecule has 1 saturated heterocycles. The van der Waals surface area contributed by atoms with Crippen LogP contribution in [0, 0.1) is 18.8 Å². The number of ether oxygens (including phenoxy) is 2. The lowest BCUT2D eigenvalue weighted by molar-refractivity contribution is -0.162. The largest absolute Gasteiger partial charge is 0.353 e. The predicted molar refractivity (Wildman–Crippen MR) is 77.9 cm³/mol. The molecule has 0 saturated carbocycles. The summed E-state index contributed by atoms with van der Waals surface area (Å²) in [6.45, 7) is 3.42. The number of carbonyl (C=O) groups excluding carboxylic acids is 1. The van der Waals surface area contributed by atoms with E-state index < -0.39 is 0 Å². The van der Waals surface area contributed by atoms with E-state index >= 15 is 0 Å². The van der Waals surface area contributed by atoms with E-state index in [2.05, 4.69) is 16.8 Å². The topological polar surface area (TPSA) is 48.4 Å². The van der Waals surface area contributed by atoms with Crippen LogP contribution in [0.4, 0.5) is 0 Å². The molecule has 0 bridgehead atoms. The van der Waals surface area contributed by atoms with Gasteiger partial charge in [0.15, 0.2) is 17.6 Å². The van der Waals surface area contributed by atoms with Crippen molar-refractivity contribution in [3.8, 4) is 11.8 Å². The zero-order valence-corrected chi connectivity index (χ0v) is 12.5. The summed E-state index contributed by atoms with van der Waals surface area (Å²) < 4.78 is 11.1. The SMILES string of the molecule is Cc1sc(C=O)nc1C#CCCCOC1CCCCO1. The number of unbranched alkanes of at least 4 members (excludes halogenated alkanes) is 1. The van der Waals surface area contributed by atoms with Gasteiger partial charge in [0.2, 0.25) is 0 Å². The van der Waals surface area contributed by atoms with Crippen LogP contribution in [0.5, 0.6) is 0 Å². The van der Waals surface area contributed by atoms with E-state index in [9.17, 15) is 4.79 Å². The first-order valence-corrected chi connectivity index (χ1v) is 7.76. The number of thiazole rings is 1.